The molecule has 0 unspecified atom stereocenters. The molecule has 0 radical (unpaired) electrons. The molecule has 3 atom stereocenters. The van der Waals surface area contributed by atoms with Gasteiger partial charge < -0.3 is 26.2 Å². The number of hydrogen-bond acceptors (Lipinski definition) is 7. The second kappa shape index (κ2) is 10.3. The molecule has 1 aromatic heterocycles. The Hall–Kier alpha value is -3.10. The summed E-state index contributed by atoms with van der Waals surface area (Å²) in [6.07, 6.45) is 4.07. The van der Waals surface area contributed by atoms with Crippen LogP contribution >= 0.6 is 0 Å². The van der Waals surface area contributed by atoms with Crippen LogP contribution in [0.2, 0.25) is 0 Å². The van der Waals surface area contributed by atoms with E-state index in [9.17, 15) is 5.11 Å². The maximum absolute atomic E-state index is 10.5. The van der Waals surface area contributed by atoms with E-state index in [1.54, 1.807) is 11.0 Å². The number of aliphatic hydroxyl groups excluding tert-OH is 1. The molecule has 31 heavy (non-hydrogen) atoms. The summed E-state index contributed by atoms with van der Waals surface area (Å²) in [5.41, 5.74) is 7.87. The van der Waals surface area contributed by atoms with Crippen molar-refractivity contribution >= 4 is 11.6 Å². The van der Waals surface area contributed by atoms with Gasteiger partial charge in [-0.1, -0.05) is 30.3 Å². The maximum atomic E-state index is 10.5. The SMILES string of the molecule is Nc1ncn(CCNc2ccc(C[C@@H]3CC[C@H]([C@H](O)COc4ccccc4)N3)cc2)n1. The Kier molecular flexibility index (Phi) is 7.01. The molecule has 2 heterocycles. The Labute approximate surface area is 182 Å². The molecule has 5 N–H and O–H groups in total. The Morgan fingerprint density at radius 1 is 1.16 bits per heavy atom. The van der Waals surface area contributed by atoms with E-state index in [2.05, 4.69) is 45.0 Å². The normalized spacial score (nSPS) is 19.3. The van der Waals surface area contributed by atoms with Gasteiger partial charge in [-0.05, 0) is 49.1 Å². The minimum absolute atomic E-state index is 0.0699. The van der Waals surface area contributed by atoms with Gasteiger partial charge in [0.25, 0.3) is 0 Å². The lowest BCUT2D eigenvalue weighted by atomic mass is 10.0. The van der Waals surface area contributed by atoms with E-state index in [0.29, 0.717) is 25.1 Å². The third kappa shape index (κ3) is 6.19. The average molecular weight is 423 g/mol. The number of benzene rings is 2. The van der Waals surface area contributed by atoms with Gasteiger partial charge in [-0.3, -0.25) is 0 Å². The Morgan fingerprint density at radius 2 is 1.97 bits per heavy atom. The zero-order valence-corrected chi connectivity index (χ0v) is 17.5. The highest BCUT2D eigenvalue weighted by atomic mass is 16.5. The summed E-state index contributed by atoms with van der Waals surface area (Å²) >= 11 is 0. The lowest BCUT2D eigenvalue weighted by Gasteiger charge is -2.20. The zero-order valence-electron chi connectivity index (χ0n) is 17.5. The predicted octanol–water partition coefficient (Wildman–Crippen LogP) is 2.08. The molecule has 0 bridgehead atoms. The second-order valence-corrected chi connectivity index (χ2v) is 7.93. The van der Waals surface area contributed by atoms with Crippen molar-refractivity contribution in [2.24, 2.45) is 0 Å². The summed E-state index contributed by atoms with van der Waals surface area (Å²) < 4.78 is 7.42. The van der Waals surface area contributed by atoms with Crippen molar-refractivity contribution in [3.63, 3.8) is 0 Å². The first-order valence-corrected chi connectivity index (χ1v) is 10.8. The molecule has 164 valence electrons. The highest BCUT2D eigenvalue weighted by molar-refractivity contribution is 5.44. The van der Waals surface area contributed by atoms with E-state index in [4.69, 9.17) is 10.5 Å². The minimum atomic E-state index is -0.517. The highest BCUT2D eigenvalue weighted by Crippen LogP contribution is 2.20. The van der Waals surface area contributed by atoms with Gasteiger partial charge in [0.05, 0.1) is 6.54 Å². The van der Waals surface area contributed by atoms with Crippen molar-refractivity contribution in [1.29, 1.82) is 0 Å². The smallest absolute Gasteiger partial charge is 0.239 e. The van der Waals surface area contributed by atoms with Gasteiger partial charge >= 0.3 is 0 Å². The first-order valence-electron chi connectivity index (χ1n) is 10.8. The van der Waals surface area contributed by atoms with E-state index in [-0.39, 0.29) is 6.04 Å². The lowest BCUT2D eigenvalue weighted by Crippen LogP contribution is -2.42. The first kappa shape index (κ1) is 21.1. The number of ether oxygens (including phenoxy) is 1. The number of aromatic nitrogens is 3. The van der Waals surface area contributed by atoms with Gasteiger partial charge in [-0.15, -0.1) is 5.10 Å². The molecule has 2 aromatic carbocycles. The average Bonchev–Trinajstić information content (AvgIpc) is 3.43. The van der Waals surface area contributed by atoms with Gasteiger partial charge in [-0.2, -0.15) is 0 Å². The van der Waals surface area contributed by atoms with Crippen LogP contribution in [0.15, 0.2) is 60.9 Å². The topological polar surface area (TPSA) is 110 Å². The third-order valence-electron chi connectivity index (χ3n) is 5.56. The van der Waals surface area contributed by atoms with Gasteiger partial charge in [0.15, 0.2) is 0 Å². The van der Waals surface area contributed by atoms with Crippen LogP contribution in [0.5, 0.6) is 5.75 Å². The van der Waals surface area contributed by atoms with Crippen molar-refractivity contribution in [2.45, 2.75) is 44.0 Å². The monoisotopic (exact) mass is 422 g/mol. The number of nitrogen functional groups attached to an aromatic ring is 1. The third-order valence-corrected chi connectivity index (χ3v) is 5.56. The molecule has 0 aliphatic carbocycles. The Morgan fingerprint density at radius 3 is 2.71 bits per heavy atom. The molecule has 1 saturated heterocycles. The number of hydrogen-bond donors (Lipinski definition) is 4. The molecule has 8 heteroatoms. The van der Waals surface area contributed by atoms with Crippen molar-refractivity contribution < 1.29 is 9.84 Å². The summed E-state index contributed by atoms with van der Waals surface area (Å²) in [6.45, 7) is 1.75. The molecule has 0 spiro atoms. The largest absolute Gasteiger partial charge is 0.491 e. The summed E-state index contributed by atoms with van der Waals surface area (Å²) in [6, 6.07) is 18.6. The number of nitrogens with two attached hydrogens (primary N) is 1. The highest BCUT2D eigenvalue weighted by Gasteiger charge is 2.29. The number of nitrogens with zero attached hydrogens (tertiary/aromatic N) is 3. The molecule has 0 saturated carbocycles. The van der Waals surface area contributed by atoms with Crippen LogP contribution in [0.1, 0.15) is 18.4 Å². The number of rotatable bonds is 10. The molecular formula is C23H30N6O2. The number of anilines is 2. The molecule has 0 amide bonds. The van der Waals surface area contributed by atoms with Crippen molar-refractivity contribution in [1.82, 2.24) is 20.1 Å². The van der Waals surface area contributed by atoms with Crippen molar-refractivity contribution in [3.05, 3.63) is 66.5 Å². The molecule has 3 aromatic rings. The molecule has 1 aliphatic rings. The summed E-state index contributed by atoms with van der Waals surface area (Å²) in [4.78, 5) is 3.92. The standard InChI is InChI=1S/C23H30N6O2/c24-23-26-16-29(28-23)13-12-25-18-8-6-17(7-9-18)14-19-10-11-21(27-19)22(30)15-31-20-4-2-1-3-5-20/h1-9,16,19,21-22,25,27,30H,10-15H2,(H2,24,28)/t19-,21+,22+/m0/s1. The predicted molar refractivity (Wildman–Crippen MR) is 121 cm³/mol. The fraction of sp³-hybridized carbons (Fsp3) is 0.391. The van der Waals surface area contributed by atoms with Gasteiger partial charge in [0.2, 0.25) is 5.95 Å². The number of para-hydroxylation sites is 1. The fourth-order valence-electron chi connectivity index (χ4n) is 3.90. The number of aliphatic hydroxyl groups is 1. The second-order valence-electron chi connectivity index (χ2n) is 7.93. The van der Waals surface area contributed by atoms with Crippen LogP contribution in [0, 0.1) is 0 Å². The number of nitrogens with one attached hydrogen (secondary N) is 2. The van der Waals surface area contributed by atoms with Crippen LogP contribution in [0.3, 0.4) is 0 Å². The quantitative estimate of drug-likeness (QED) is 0.396. The maximum Gasteiger partial charge on any atom is 0.239 e. The zero-order chi connectivity index (χ0) is 21.5. The van der Waals surface area contributed by atoms with Crippen LogP contribution in [-0.4, -0.2) is 51.2 Å². The Balaban J connectivity index is 1.18. The van der Waals surface area contributed by atoms with Crippen LogP contribution < -0.4 is 21.1 Å². The molecular weight excluding hydrogens is 392 g/mol. The van der Waals surface area contributed by atoms with E-state index in [1.165, 1.54) is 5.56 Å². The van der Waals surface area contributed by atoms with Crippen molar-refractivity contribution in [2.75, 3.05) is 24.2 Å². The summed E-state index contributed by atoms with van der Waals surface area (Å²) in [5.74, 6) is 1.08. The van der Waals surface area contributed by atoms with Gasteiger partial charge in [-0.25, -0.2) is 9.67 Å². The molecule has 8 nitrogen and oxygen atoms in total. The van der Waals surface area contributed by atoms with Crippen LogP contribution in [0.4, 0.5) is 11.6 Å². The lowest BCUT2D eigenvalue weighted by molar-refractivity contribution is 0.0777. The van der Waals surface area contributed by atoms with E-state index in [0.717, 1.165) is 37.2 Å². The van der Waals surface area contributed by atoms with Crippen LogP contribution in [0.25, 0.3) is 0 Å². The van der Waals surface area contributed by atoms with Crippen LogP contribution in [-0.2, 0) is 13.0 Å². The minimum Gasteiger partial charge on any atom is -0.491 e. The summed E-state index contributed by atoms with van der Waals surface area (Å²) in [5, 5.41) is 21.5. The van der Waals surface area contributed by atoms with Crippen molar-refractivity contribution in [3.8, 4) is 5.75 Å². The first-order chi connectivity index (χ1) is 15.2. The molecule has 1 aliphatic heterocycles. The summed E-state index contributed by atoms with van der Waals surface area (Å²) in [7, 11) is 0. The van der Waals surface area contributed by atoms with Gasteiger partial charge in [0, 0.05) is 24.3 Å². The fourth-order valence-corrected chi connectivity index (χ4v) is 3.90. The van der Waals surface area contributed by atoms with E-state index >= 15 is 0 Å². The van der Waals surface area contributed by atoms with Gasteiger partial charge in [0.1, 0.15) is 24.8 Å². The molecule has 1 fully saturated rings. The van der Waals surface area contributed by atoms with E-state index < -0.39 is 6.10 Å². The Bertz CT molecular complexity index is 931. The molecule has 4 rings (SSSR count). The van der Waals surface area contributed by atoms with E-state index in [1.807, 2.05) is 30.3 Å².